The highest BCUT2D eigenvalue weighted by Gasteiger charge is 2.19. The fourth-order valence-electron chi connectivity index (χ4n) is 1.87. The van der Waals surface area contributed by atoms with Gasteiger partial charge in [0.25, 0.3) is 0 Å². The van der Waals surface area contributed by atoms with Gasteiger partial charge in [-0.15, -0.1) is 0 Å². The summed E-state index contributed by atoms with van der Waals surface area (Å²) in [4.78, 5) is 14.1. The molecule has 0 aromatic carbocycles. The number of carbonyl (C=O) groups excluding carboxylic acids is 1. The van der Waals surface area contributed by atoms with Crippen molar-refractivity contribution in [2.75, 3.05) is 46.0 Å². The molecular formula is C14H30N2O3. The first-order chi connectivity index (χ1) is 9.19. The molecule has 0 aromatic rings. The highest BCUT2D eigenvalue weighted by atomic mass is 16.5. The Labute approximate surface area is 117 Å². The molecule has 5 heteroatoms. The van der Waals surface area contributed by atoms with Crippen LogP contribution in [0.2, 0.25) is 0 Å². The van der Waals surface area contributed by atoms with Crippen molar-refractivity contribution < 1.29 is 14.3 Å². The zero-order valence-electron chi connectivity index (χ0n) is 12.9. The molecule has 0 amide bonds. The van der Waals surface area contributed by atoms with Crippen molar-refractivity contribution in [1.82, 2.24) is 10.2 Å². The number of ether oxygens (including phenoxy) is 2. The molecule has 5 nitrogen and oxygen atoms in total. The van der Waals surface area contributed by atoms with Crippen molar-refractivity contribution in [2.24, 2.45) is 0 Å². The van der Waals surface area contributed by atoms with E-state index in [1.54, 1.807) is 0 Å². The van der Waals surface area contributed by atoms with E-state index >= 15 is 0 Å². The average Bonchev–Trinajstić information content (AvgIpc) is 2.41. The van der Waals surface area contributed by atoms with Crippen molar-refractivity contribution in [1.29, 1.82) is 0 Å². The first-order valence-electron chi connectivity index (χ1n) is 7.39. The number of hydrogen-bond donors (Lipinski definition) is 1. The van der Waals surface area contributed by atoms with Gasteiger partial charge in [0.2, 0.25) is 0 Å². The molecule has 0 spiro atoms. The summed E-state index contributed by atoms with van der Waals surface area (Å²) < 4.78 is 10.4. The zero-order chi connectivity index (χ0) is 14.5. The second kappa shape index (κ2) is 12.4. The van der Waals surface area contributed by atoms with Crippen LogP contribution in [-0.2, 0) is 14.3 Å². The first kappa shape index (κ1) is 18.4. The van der Waals surface area contributed by atoms with Gasteiger partial charge < -0.3 is 19.7 Å². The molecule has 114 valence electrons. The lowest BCUT2D eigenvalue weighted by molar-refractivity contribution is -0.145. The molecule has 0 rings (SSSR count). The predicted octanol–water partition coefficient (Wildman–Crippen LogP) is 1.28. The molecule has 1 unspecified atom stereocenters. The highest BCUT2D eigenvalue weighted by molar-refractivity contribution is 5.75. The standard InChI is InChI=1S/C14H30N2O3/c1-5-15-13(14(17)19-8-4)9-10-16(6-2)11-12-18-7-3/h13,15H,5-12H2,1-4H3. The molecule has 0 bridgehead atoms. The highest BCUT2D eigenvalue weighted by Crippen LogP contribution is 2.00. The molecule has 0 aliphatic carbocycles. The van der Waals surface area contributed by atoms with Crippen molar-refractivity contribution in [3.8, 4) is 0 Å². The summed E-state index contributed by atoms with van der Waals surface area (Å²) in [5.41, 5.74) is 0. The van der Waals surface area contributed by atoms with Gasteiger partial charge in [0, 0.05) is 19.7 Å². The third-order valence-electron chi connectivity index (χ3n) is 2.96. The summed E-state index contributed by atoms with van der Waals surface area (Å²) in [5, 5.41) is 3.18. The number of rotatable bonds is 12. The van der Waals surface area contributed by atoms with Crippen LogP contribution in [0.5, 0.6) is 0 Å². The lowest BCUT2D eigenvalue weighted by Gasteiger charge is -2.23. The third-order valence-corrected chi connectivity index (χ3v) is 2.96. The Kier molecular flexibility index (Phi) is 12.0. The van der Waals surface area contributed by atoms with Gasteiger partial charge in [0.15, 0.2) is 0 Å². The number of nitrogens with one attached hydrogen (secondary N) is 1. The zero-order valence-corrected chi connectivity index (χ0v) is 12.9. The monoisotopic (exact) mass is 274 g/mol. The normalized spacial score (nSPS) is 12.7. The quantitative estimate of drug-likeness (QED) is 0.429. The van der Waals surface area contributed by atoms with Gasteiger partial charge in [-0.3, -0.25) is 4.79 Å². The molecule has 0 aromatic heterocycles. The second-order valence-electron chi connectivity index (χ2n) is 4.28. The van der Waals surface area contributed by atoms with Gasteiger partial charge >= 0.3 is 5.97 Å². The molecule has 0 saturated heterocycles. The second-order valence-corrected chi connectivity index (χ2v) is 4.28. The van der Waals surface area contributed by atoms with Crippen LogP contribution in [0, 0.1) is 0 Å². The van der Waals surface area contributed by atoms with Crippen molar-refractivity contribution in [2.45, 2.75) is 40.2 Å². The van der Waals surface area contributed by atoms with E-state index in [0.717, 1.165) is 45.8 Å². The predicted molar refractivity (Wildman–Crippen MR) is 77.3 cm³/mol. The Hall–Kier alpha value is -0.650. The Morgan fingerprint density at radius 2 is 1.89 bits per heavy atom. The van der Waals surface area contributed by atoms with Crippen LogP contribution in [0.3, 0.4) is 0 Å². The van der Waals surface area contributed by atoms with Gasteiger partial charge in [-0.2, -0.15) is 0 Å². The molecule has 1 atom stereocenters. The first-order valence-corrected chi connectivity index (χ1v) is 7.39. The summed E-state index contributed by atoms with van der Waals surface area (Å²) in [5.74, 6) is -0.148. The van der Waals surface area contributed by atoms with Crippen LogP contribution >= 0.6 is 0 Å². The molecule has 0 saturated carbocycles. The van der Waals surface area contributed by atoms with E-state index in [0.29, 0.717) is 6.61 Å². The largest absolute Gasteiger partial charge is 0.465 e. The molecule has 0 heterocycles. The van der Waals surface area contributed by atoms with Gasteiger partial charge in [-0.1, -0.05) is 13.8 Å². The van der Waals surface area contributed by atoms with Crippen molar-refractivity contribution in [3.05, 3.63) is 0 Å². The summed E-state index contributed by atoms with van der Waals surface area (Å²) in [6, 6.07) is -0.203. The minimum atomic E-state index is -0.203. The topological polar surface area (TPSA) is 50.8 Å². The Bertz CT molecular complexity index is 225. The minimum absolute atomic E-state index is 0.148. The fourth-order valence-corrected chi connectivity index (χ4v) is 1.87. The van der Waals surface area contributed by atoms with E-state index in [-0.39, 0.29) is 12.0 Å². The summed E-state index contributed by atoms with van der Waals surface area (Å²) in [6.45, 7) is 13.4. The van der Waals surface area contributed by atoms with Crippen LogP contribution in [0.4, 0.5) is 0 Å². The van der Waals surface area contributed by atoms with Crippen molar-refractivity contribution in [3.63, 3.8) is 0 Å². The number of likely N-dealkylation sites (N-methyl/N-ethyl adjacent to an activating group) is 2. The SMILES string of the molecule is CCNC(CCN(CC)CCOCC)C(=O)OCC. The van der Waals surface area contributed by atoms with Crippen LogP contribution < -0.4 is 5.32 Å². The van der Waals surface area contributed by atoms with Gasteiger partial charge in [0.1, 0.15) is 6.04 Å². The summed E-state index contributed by atoms with van der Waals surface area (Å²) in [7, 11) is 0. The van der Waals surface area contributed by atoms with Gasteiger partial charge in [-0.25, -0.2) is 0 Å². The fraction of sp³-hybridized carbons (Fsp3) is 0.929. The van der Waals surface area contributed by atoms with E-state index in [2.05, 4.69) is 17.1 Å². The van der Waals surface area contributed by atoms with Gasteiger partial charge in [-0.05, 0) is 33.4 Å². The van der Waals surface area contributed by atoms with E-state index in [1.807, 2.05) is 20.8 Å². The van der Waals surface area contributed by atoms with Gasteiger partial charge in [0.05, 0.1) is 13.2 Å². The number of nitrogens with zero attached hydrogens (tertiary/aromatic N) is 1. The van der Waals surface area contributed by atoms with Crippen LogP contribution in [-0.4, -0.2) is 62.9 Å². The summed E-state index contributed by atoms with van der Waals surface area (Å²) in [6.07, 6.45) is 0.770. The van der Waals surface area contributed by atoms with E-state index in [4.69, 9.17) is 9.47 Å². The lowest BCUT2D eigenvalue weighted by Crippen LogP contribution is -2.41. The summed E-state index contributed by atoms with van der Waals surface area (Å²) >= 11 is 0. The maximum Gasteiger partial charge on any atom is 0.323 e. The Morgan fingerprint density at radius 3 is 2.42 bits per heavy atom. The van der Waals surface area contributed by atoms with Crippen molar-refractivity contribution >= 4 is 5.97 Å². The number of esters is 1. The van der Waals surface area contributed by atoms with Crippen LogP contribution in [0.15, 0.2) is 0 Å². The molecule has 0 radical (unpaired) electrons. The van der Waals surface area contributed by atoms with Crippen LogP contribution in [0.25, 0.3) is 0 Å². The maximum absolute atomic E-state index is 11.8. The Morgan fingerprint density at radius 1 is 1.16 bits per heavy atom. The molecule has 1 N–H and O–H groups in total. The molecule has 19 heavy (non-hydrogen) atoms. The minimum Gasteiger partial charge on any atom is -0.465 e. The van der Waals surface area contributed by atoms with E-state index < -0.39 is 0 Å². The molecule has 0 aliphatic rings. The maximum atomic E-state index is 11.8. The van der Waals surface area contributed by atoms with E-state index in [1.165, 1.54) is 0 Å². The smallest absolute Gasteiger partial charge is 0.323 e. The third kappa shape index (κ3) is 8.97. The molecule has 0 fully saturated rings. The number of hydrogen-bond acceptors (Lipinski definition) is 5. The Balaban J connectivity index is 4.08. The van der Waals surface area contributed by atoms with E-state index in [9.17, 15) is 4.79 Å². The number of carbonyl (C=O) groups is 1. The van der Waals surface area contributed by atoms with Crippen LogP contribution in [0.1, 0.15) is 34.1 Å². The molecular weight excluding hydrogens is 244 g/mol. The average molecular weight is 274 g/mol. The lowest BCUT2D eigenvalue weighted by atomic mass is 10.2. The molecule has 0 aliphatic heterocycles.